The number of esters is 4. The number of carbonyl (C=O) groups is 4. The van der Waals surface area contributed by atoms with Crippen molar-refractivity contribution in [1.82, 2.24) is 0 Å². The van der Waals surface area contributed by atoms with Crippen molar-refractivity contribution < 1.29 is 80.2 Å². The minimum Gasteiger partial charge on any atom is -0.462 e. The van der Waals surface area contributed by atoms with E-state index < -0.39 is 97.5 Å². The van der Waals surface area contributed by atoms with Crippen LogP contribution < -0.4 is 0 Å². The topological polar surface area (TPSA) is 237 Å². The normalized spacial score (nSPS) is 13.9. The van der Waals surface area contributed by atoms with E-state index in [2.05, 4.69) is 41.5 Å². The molecule has 0 aromatic heterocycles. The Hall–Kier alpha value is -1.94. The molecule has 0 saturated carbocycles. The lowest BCUT2D eigenvalue weighted by Crippen LogP contribution is -2.30. The van der Waals surface area contributed by atoms with Crippen molar-refractivity contribution in [2.45, 2.75) is 452 Å². The van der Waals surface area contributed by atoms with Crippen molar-refractivity contribution in [1.29, 1.82) is 0 Å². The van der Waals surface area contributed by atoms with Gasteiger partial charge in [-0.25, -0.2) is 9.13 Å². The van der Waals surface area contributed by atoms with E-state index in [1.165, 1.54) is 250 Å². The highest BCUT2D eigenvalue weighted by atomic mass is 31.2. The van der Waals surface area contributed by atoms with E-state index >= 15 is 0 Å². The maximum Gasteiger partial charge on any atom is 0.472 e. The van der Waals surface area contributed by atoms with Gasteiger partial charge in [-0.1, -0.05) is 382 Å². The molecule has 600 valence electrons. The lowest BCUT2D eigenvalue weighted by Gasteiger charge is -2.21. The summed E-state index contributed by atoms with van der Waals surface area (Å²) in [5, 5.41) is 10.7. The maximum atomic E-state index is 13.1. The summed E-state index contributed by atoms with van der Waals surface area (Å²) in [5.74, 6) is -0.552. The second-order valence-electron chi connectivity index (χ2n) is 30.5. The van der Waals surface area contributed by atoms with Gasteiger partial charge in [0.2, 0.25) is 0 Å². The molecule has 0 aliphatic carbocycles. The van der Waals surface area contributed by atoms with Gasteiger partial charge in [-0.3, -0.25) is 37.3 Å². The summed E-state index contributed by atoms with van der Waals surface area (Å²) >= 11 is 0. The molecular weight excluding hydrogens is 1320 g/mol. The fourth-order valence-corrected chi connectivity index (χ4v) is 14.3. The largest absolute Gasteiger partial charge is 0.472 e. The van der Waals surface area contributed by atoms with E-state index in [9.17, 15) is 43.2 Å². The van der Waals surface area contributed by atoms with Gasteiger partial charge in [-0.05, 0) is 37.5 Å². The number of aliphatic hydroxyl groups is 1. The van der Waals surface area contributed by atoms with Gasteiger partial charge in [-0.15, -0.1) is 0 Å². The van der Waals surface area contributed by atoms with Crippen LogP contribution in [0.4, 0.5) is 0 Å². The van der Waals surface area contributed by atoms with E-state index in [0.29, 0.717) is 25.7 Å². The molecule has 0 aromatic rings. The summed E-state index contributed by atoms with van der Waals surface area (Å²) in [6, 6.07) is 0. The number of hydrogen-bond donors (Lipinski definition) is 3. The lowest BCUT2D eigenvalue weighted by atomic mass is 10.0. The highest BCUT2D eigenvalue weighted by Crippen LogP contribution is 2.45. The van der Waals surface area contributed by atoms with Gasteiger partial charge in [0.25, 0.3) is 0 Å². The summed E-state index contributed by atoms with van der Waals surface area (Å²) in [5.41, 5.74) is 0. The van der Waals surface area contributed by atoms with Crippen molar-refractivity contribution in [2.24, 2.45) is 11.8 Å². The van der Waals surface area contributed by atoms with E-state index in [0.717, 1.165) is 102 Å². The van der Waals surface area contributed by atoms with Crippen LogP contribution in [0.5, 0.6) is 0 Å². The monoisotopic (exact) mass is 1480 g/mol. The molecule has 0 fully saturated rings. The van der Waals surface area contributed by atoms with Crippen LogP contribution in [0.15, 0.2) is 0 Å². The summed E-state index contributed by atoms with van der Waals surface area (Å²) in [4.78, 5) is 73.1. The van der Waals surface area contributed by atoms with Crippen LogP contribution in [0.3, 0.4) is 0 Å². The molecular formula is C82H160O17P2. The average Bonchev–Trinajstić information content (AvgIpc) is 0.947. The van der Waals surface area contributed by atoms with Gasteiger partial charge in [0.15, 0.2) is 12.2 Å². The Morgan fingerprint density at radius 2 is 0.455 bits per heavy atom. The van der Waals surface area contributed by atoms with Crippen molar-refractivity contribution >= 4 is 39.5 Å². The molecule has 0 radical (unpaired) electrons. The van der Waals surface area contributed by atoms with Crippen LogP contribution in [0, 0.1) is 11.8 Å². The summed E-state index contributed by atoms with van der Waals surface area (Å²) < 4.78 is 68.8. The smallest absolute Gasteiger partial charge is 0.462 e. The second kappa shape index (κ2) is 73.6. The predicted octanol–water partition coefficient (Wildman–Crippen LogP) is 24.7. The molecule has 3 N–H and O–H groups in total. The molecule has 0 aliphatic rings. The minimum absolute atomic E-state index is 0.108. The molecule has 19 heteroatoms. The Morgan fingerprint density at radius 3 is 0.673 bits per heavy atom. The quantitative estimate of drug-likeness (QED) is 0.0222. The molecule has 0 spiro atoms. The van der Waals surface area contributed by atoms with Gasteiger partial charge < -0.3 is 33.8 Å². The molecule has 0 aromatic carbocycles. The van der Waals surface area contributed by atoms with Crippen LogP contribution in [0.25, 0.3) is 0 Å². The third-order valence-electron chi connectivity index (χ3n) is 19.2. The standard InChI is InChI=1S/C82H160O17P2/c1-7-9-11-13-15-17-19-21-22-23-27-31-34-40-46-52-58-64-79(84)92-70-77(98-82(87)67-61-55-49-42-36-32-28-25-24-26-30-33-38-44-50-56-62-74(3)4)72-96-100(88,89)94-68-76(83)69-95-101(90,91)97-73-78(71-93-80(85)65-59-53-47-43-37-39-45-51-57-63-75(5)6)99-81(86)66-60-54-48-41-35-29-20-18-16-14-12-10-8-2/h74-78,83H,7-73H2,1-6H3,(H,88,89)(H,90,91)/t76-,77-,78-/m1/s1. The Balaban J connectivity index is 5.25. The molecule has 0 heterocycles. The molecule has 0 saturated heterocycles. The summed E-state index contributed by atoms with van der Waals surface area (Å²) in [6.07, 6.45) is 63.7. The second-order valence-corrected chi connectivity index (χ2v) is 33.4. The van der Waals surface area contributed by atoms with Gasteiger partial charge in [0.1, 0.15) is 19.3 Å². The SMILES string of the molecule is CCCCCCCCCCCCCCCCCCCC(=O)OC[C@H](COP(=O)(O)OC[C@@H](O)COP(=O)(O)OC[C@@H](COC(=O)CCCCCCCCCCCC(C)C)OC(=O)CCCCCCCCCCCCCCC)OC(=O)CCCCCCCCCCCCCCCCCCC(C)C. The first-order chi connectivity index (χ1) is 48.9. The zero-order valence-corrected chi connectivity index (χ0v) is 68.0. The zero-order valence-electron chi connectivity index (χ0n) is 66.2. The van der Waals surface area contributed by atoms with Crippen LogP contribution >= 0.6 is 15.6 Å². The number of unbranched alkanes of at least 4 members (excludes halogenated alkanes) is 51. The lowest BCUT2D eigenvalue weighted by molar-refractivity contribution is -0.161. The Morgan fingerprint density at radius 1 is 0.267 bits per heavy atom. The molecule has 2 unspecified atom stereocenters. The van der Waals surface area contributed by atoms with E-state index in [1.807, 2.05) is 0 Å². The Bertz CT molecular complexity index is 1940. The summed E-state index contributed by atoms with van der Waals surface area (Å²) in [6.45, 7) is 9.66. The molecule has 101 heavy (non-hydrogen) atoms. The number of rotatable bonds is 81. The highest BCUT2D eigenvalue weighted by Gasteiger charge is 2.30. The third kappa shape index (κ3) is 76.1. The fraction of sp³-hybridized carbons (Fsp3) is 0.951. The van der Waals surface area contributed by atoms with Crippen molar-refractivity contribution in [3.63, 3.8) is 0 Å². The molecule has 0 rings (SSSR count). The molecule has 5 atom stereocenters. The molecule has 0 aliphatic heterocycles. The molecule has 0 bridgehead atoms. The number of carbonyl (C=O) groups excluding carboxylic acids is 4. The Kier molecular flexibility index (Phi) is 72.2. The van der Waals surface area contributed by atoms with Crippen LogP contribution in [-0.4, -0.2) is 96.7 Å². The van der Waals surface area contributed by atoms with Gasteiger partial charge in [-0.2, -0.15) is 0 Å². The molecule has 0 amide bonds. The van der Waals surface area contributed by atoms with E-state index in [-0.39, 0.29) is 25.7 Å². The highest BCUT2D eigenvalue weighted by molar-refractivity contribution is 7.47. The van der Waals surface area contributed by atoms with Crippen molar-refractivity contribution in [2.75, 3.05) is 39.6 Å². The zero-order chi connectivity index (χ0) is 74.2. The number of phosphoric acid groups is 2. The van der Waals surface area contributed by atoms with Crippen LogP contribution in [-0.2, 0) is 65.4 Å². The first-order valence-electron chi connectivity index (χ1n) is 42.5. The van der Waals surface area contributed by atoms with E-state index in [4.69, 9.17) is 37.0 Å². The number of phosphoric ester groups is 2. The minimum atomic E-state index is -4.96. The Labute approximate surface area is 619 Å². The number of hydrogen-bond acceptors (Lipinski definition) is 15. The predicted molar refractivity (Wildman–Crippen MR) is 414 cm³/mol. The average molecular weight is 1480 g/mol. The summed E-state index contributed by atoms with van der Waals surface area (Å²) in [7, 11) is -9.92. The maximum absolute atomic E-state index is 13.1. The third-order valence-corrected chi connectivity index (χ3v) is 21.1. The van der Waals surface area contributed by atoms with Gasteiger partial charge >= 0.3 is 39.5 Å². The van der Waals surface area contributed by atoms with Crippen molar-refractivity contribution in [3.05, 3.63) is 0 Å². The van der Waals surface area contributed by atoms with Gasteiger partial charge in [0, 0.05) is 25.7 Å². The van der Waals surface area contributed by atoms with Gasteiger partial charge in [0.05, 0.1) is 26.4 Å². The first-order valence-corrected chi connectivity index (χ1v) is 45.5. The first kappa shape index (κ1) is 99.1. The van der Waals surface area contributed by atoms with Crippen LogP contribution in [0.2, 0.25) is 0 Å². The van der Waals surface area contributed by atoms with Crippen molar-refractivity contribution in [3.8, 4) is 0 Å². The fourth-order valence-electron chi connectivity index (χ4n) is 12.7. The molecule has 17 nitrogen and oxygen atoms in total. The van der Waals surface area contributed by atoms with E-state index in [1.54, 1.807) is 0 Å². The van der Waals surface area contributed by atoms with Crippen LogP contribution in [0.1, 0.15) is 433 Å². The number of ether oxygens (including phenoxy) is 4. The number of aliphatic hydroxyl groups excluding tert-OH is 1.